The molecule has 0 fully saturated rings. The molecule has 0 atom stereocenters. The molecule has 9 heteroatoms. The molecule has 0 aromatic heterocycles. The van der Waals surface area contributed by atoms with Crippen molar-refractivity contribution in [3.8, 4) is 0 Å². The van der Waals surface area contributed by atoms with Crippen molar-refractivity contribution in [3.05, 3.63) is 34.7 Å². The standard InChI is InChI=1S/C13H15N5O4/c1-3-21-12(19)11(13(20)22-4-2)17-15-9-7-5-6-8-10(9)16-18-14/h5-8,15H,3-4H2,1-2H3. The first-order chi connectivity index (χ1) is 10.6. The van der Waals surface area contributed by atoms with Gasteiger partial charge in [-0.05, 0) is 25.4 Å². The maximum Gasteiger partial charge on any atom is 0.366 e. The molecule has 1 rings (SSSR count). The van der Waals surface area contributed by atoms with Crippen LogP contribution in [0.25, 0.3) is 10.4 Å². The quantitative estimate of drug-likeness (QED) is 0.157. The summed E-state index contributed by atoms with van der Waals surface area (Å²) in [7, 11) is 0. The van der Waals surface area contributed by atoms with E-state index in [1.165, 1.54) is 0 Å². The molecule has 0 radical (unpaired) electrons. The van der Waals surface area contributed by atoms with E-state index >= 15 is 0 Å². The molecule has 0 saturated heterocycles. The number of hydrazone groups is 1. The Morgan fingerprint density at radius 2 is 1.77 bits per heavy atom. The Bertz CT molecular complexity index is 603. The fraction of sp³-hybridized carbons (Fsp3) is 0.308. The van der Waals surface area contributed by atoms with E-state index in [1.54, 1.807) is 38.1 Å². The zero-order valence-electron chi connectivity index (χ0n) is 12.1. The molecule has 1 N–H and O–H groups in total. The number of ether oxygens (including phenoxy) is 2. The van der Waals surface area contributed by atoms with Crippen LogP contribution in [0, 0.1) is 0 Å². The van der Waals surface area contributed by atoms with Gasteiger partial charge in [-0.3, -0.25) is 5.43 Å². The molecule has 1 aromatic rings. The number of nitrogens with one attached hydrogen (secondary N) is 1. The van der Waals surface area contributed by atoms with Gasteiger partial charge in [-0.2, -0.15) is 5.10 Å². The van der Waals surface area contributed by atoms with Gasteiger partial charge < -0.3 is 9.47 Å². The van der Waals surface area contributed by atoms with Gasteiger partial charge in [0.1, 0.15) is 0 Å². The molecular weight excluding hydrogens is 290 g/mol. The maximum absolute atomic E-state index is 11.7. The van der Waals surface area contributed by atoms with Crippen LogP contribution in [0.5, 0.6) is 0 Å². The molecule has 1 aromatic carbocycles. The zero-order valence-corrected chi connectivity index (χ0v) is 12.1. The van der Waals surface area contributed by atoms with E-state index in [1.807, 2.05) is 0 Å². The molecule has 116 valence electrons. The van der Waals surface area contributed by atoms with Gasteiger partial charge >= 0.3 is 11.9 Å². The van der Waals surface area contributed by atoms with Crippen molar-refractivity contribution in [1.82, 2.24) is 0 Å². The fourth-order valence-corrected chi connectivity index (χ4v) is 1.39. The molecule has 0 unspecified atom stereocenters. The van der Waals surface area contributed by atoms with E-state index in [0.29, 0.717) is 5.69 Å². The van der Waals surface area contributed by atoms with Crippen molar-refractivity contribution in [3.63, 3.8) is 0 Å². The first-order valence-electron chi connectivity index (χ1n) is 6.46. The lowest BCUT2D eigenvalue weighted by Gasteiger charge is -2.07. The minimum Gasteiger partial charge on any atom is -0.461 e. The Kier molecular flexibility index (Phi) is 6.94. The Labute approximate surface area is 126 Å². The van der Waals surface area contributed by atoms with Gasteiger partial charge in [0.05, 0.1) is 24.6 Å². The number of nitrogens with zero attached hydrogens (tertiary/aromatic N) is 4. The molecule has 0 heterocycles. The van der Waals surface area contributed by atoms with Gasteiger partial charge in [0.2, 0.25) is 0 Å². The van der Waals surface area contributed by atoms with Crippen LogP contribution in [-0.4, -0.2) is 30.9 Å². The lowest BCUT2D eigenvalue weighted by Crippen LogP contribution is -2.29. The summed E-state index contributed by atoms with van der Waals surface area (Å²) in [6, 6.07) is 6.45. The average Bonchev–Trinajstić information content (AvgIpc) is 2.50. The van der Waals surface area contributed by atoms with Crippen molar-refractivity contribution in [2.24, 2.45) is 10.2 Å². The molecule has 0 aliphatic carbocycles. The summed E-state index contributed by atoms with van der Waals surface area (Å²) < 4.78 is 9.49. The normalized spacial score (nSPS) is 9.18. The zero-order chi connectivity index (χ0) is 16.4. The second-order valence-electron chi connectivity index (χ2n) is 3.72. The minimum atomic E-state index is -0.908. The van der Waals surface area contributed by atoms with Crippen LogP contribution in [0.4, 0.5) is 11.4 Å². The largest absolute Gasteiger partial charge is 0.461 e. The molecule has 0 aliphatic rings. The molecule has 0 bridgehead atoms. The number of benzene rings is 1. The van der Waals surface area contributed by atoms with E-state index in [4.69, 9.17) is 15.0 Å². The number of azide groups is 1. The van der Waals surface area contributed by atoms with Crippen LogP contribution in [0.2, 0.25) is 0 Å². The highest BCUT2D eigenvalue weighted by Gasteiger charge is 2.23. The fourth-order valence-electron chi connectivity index (χ4n) is 1.39. The van der Waals surface area contributed by atoms with Crippen LogP contribution in [-0.2, 0) is 19.1 Å². The molecule has 0 spiro atoms. The maximum atomic E-state index is 11.7. The van der Waals surface area contributed by atoms with Gasteiger partial charge in [-0.15, -0.1) is 0 Å². The van der Waals surface area contributed by atoms with Gasteiger partial charge in [-0.25, -0.2) is 9.59 Å². The second kappa shape index (κ2) is 8.98. The number of rotatable bonds is 7. The van der Waals surface area contributed by atoms with E-state index in [9.17, 15) is 9.59 Å². The predicted octanol–water partition coefficient (Wildman–Crippen LogP) is 2.52. The third-order valence-corrected chi connectivity index (χ3v) is 2.28. The number of hydrogen-bond donors (Lipinski definition) is 1. The number of hydrogen-bond acceptors (Lipinski definition) is 7. The van der Waals surface area contributed by atoms with E-state index < -0.39 is 17.7 Å². The van der Waals surface area contributed by atoms with Crippen LogP contribution >= 0.6 is 0 Å². The first-order valence-corrected chi connectivity index (χ1v) is 6.46. The van der Waals surface area contributed by atoms with Crippen molar-refractivity contribution in [2.45, 2.75) is 13.8 Å². The summed E-state index contributed by atoms with van der Waals surface area (Å²) in [5.41, 5.74) is 11.0. The van der Waals surface area contributed by atoms with E-state index in [2.05, 4.69) is 20.6 Å². The highest BCUT2D eigenvalue weighted by Crippen LogP contribution is 2.24. The van der Waals surface area contributed by atoms with E-state index in [0.717, 1.165) is 0 Å². The van der Waals surface area contributed by atoms with Gasteiger partial charge in [0.15, 0.2) is 0 Å². The van der Waals surface area contributed by atoms with Crippen LogP contribution < -0.4 is 5.43 Å². The van der Waals surface area contributed by atoms with Crippen LogP contribution in [0.15, 0.2) is 34.5 Å². The SMILES string of the molecule is CCOC(=O)C(=NNc1ccccc1N=[N+]=[N-])C(=O)OCC. The Morgan fingerprint density at radius 3 is 2.32 bits per heavy atom. The smallest absolute Gasteiger partial charge is 0.366 e. The molecule has 0 saturated carbocycles. The Balaban J connectivity index is 3.05. The van der Waals surface area contributed by atoms with Gasteiger partial charge in [0.25, 0.3) is 5.71 Å². The predicted molar refractivity (Wildman–Crippen MR) is 79.6 cm³/mol. The van der Waals surface area contributed by atoms with Gasteiger partial charge in [0, 0.05) is 4.91 Å². The summed E-state index contributed by atoms with van der Waals surface area (Å²) in [4.78, 5) is 26.1. The summed E-state index contributed by atoms with van der Waals surface area (Å²) in [5.74, 6) is -1.82. The monoisotopic (exact) mass is 305 g/mol. The average molecular weight is 305 g/mol. The third-order valence-electron chi connectivity index (χ3n) is 2.28. The molecule has 9 nitrogen and oxygen atoms in total. The number of para-hydroxylation sites is 1. The Hall–Kier alpha value is -3.06. The molecule has 0 amide bonds. The number of carbonyl (C=O) groups is 2. The van der Waals surface area contributed by atoms with Crippen molar-refractivity contribution in [1.29, 1.82) is 0 Å². The topological polar surface area (TPSA) is 126 Å². The van der Waals surface area contributed by atoms with E-state index in [-0.39, 0.29) is 18.9 Å². The van der Waals surface area contributed by atoms with Crippen molar-refractivity contribution in [2.75, 3.05) is 18.6 Å². The molecule has 22 heavy (non-hydrogen) atoms. The summed E-state index contributed by atoms with van der Waals surface area (Å²) >= 11 is 0. The number of carbonyl (C=O) groups excluding carboxylic acids is 2. The molecular formula is C13H15N5O4. The summed E-state index contributed by atoms with van der Waals surface area (Å²) in [6.07, 6.45) is 0. The highest BCUT2D eigenvalue weighted by molar-refractivity contribution is 6.62. The summed E-state index contributed by atoms with van der Waals surface area (Å²) in [6.45, 7) is 3.38. The van der Waals surface area contributed by atoms with Crippen LogP contribution in [0.3, 0.4) is 0 Å². The Morgan fingerprint density at radius 1 is 1.18 bits per heavy atom. The van der Waals surface area contributed by atoms with Crippen molar-refractivity contribution < 1.29 is 19.1 Å². The number of esters is 2. The lowest BCUT2D eigenvalue weighted by molar-refractivity contribution is -0.140. The molecule has 0 aliphatic heterocycles. The first kappa shape index (κ1) is 17.0. The minimum absolute atomic E-state index is 0.0899. The second-order valence-corrected chi connectivity index (χ2v) is 3.72. The number of anilines is 1. The highest BCUT2D eigenvalue weighted by atomic mass is 16.6. The van der Waals surface area contributed by atoms with Crippen molar-refractivity contribution >= 4 is 29.0 Å². The lowest BCUT2D eigenvalue weighted by atomic mass is 10.3. The third kappa shape index (κ3) is 4.80. The van der Waals surface area contributed by atoms with Gasteiger partial charge in [-0.1, -0.05) is 23.3 Å². The van der Waals surface area contributed by atoms with Crippen LogP contribution in [0.1, 0.15) is 13.8 Å². The summed E-state index contributed by atoms with van der Waals surface area (Å²) in [5, 5.41) is 7.17.